The van der Waals surface area contributed by atoms with E-state index in [1.807, 2.05) is 12.1 Å². The number of aliphatic hydroxyl groups is 3. The average Bonchev–Trinajstić information content (AvgIpc) is 2.62. The molecule has 4 rings (SSSR count). The zero-order valence-corrected chi connectivity index (χ0v) is 13.0. The molecular weight excluding hydrogens is 328 g/mol. The van der Waals surface area contributed by atoms with Crippen molar-refractivity contribution in [3.8, 4) is 5.75 Å². The highest BCUT2D eigenvalue weighted by atomic mass is 16.7. The monoisotopic (exact) mass is 344 g/mol. The molecule has 7 nitrogen and oxygen atoms in total. The van der Waals surface area contributed by atoms with Crippen LogP contribution in [0.2, 0.25) is 0 Å². The molecular formula is C18H16O7. The Bertz CT molecular complexity index is 980. The first-order valence-corrected chi connectivity index (χ1v) is 7.82. The minimum atomic E-state index is -1.40. The van der Waals surface area contributed by atoms with E-state index < -0.39 is 30.2 Å². The lowest BCUT2D eigenvalue weighted by molar-refractivity contribution is -0.242. The molecule has 1 aliphatic rings. The topological polar surface area (TPSA) is 109 Å². The molecule has 1 aromatic heterocycles. The first-order chi connectivity index (χ1) is 12.0. The minimum Gasteiger partial charge on any atom is -0.462 e. The van der Waals surface area contributed by atoms with Gasteiger partial charge >= 0.3 is 5.63 Å². The zero-order chi connectivity index (χ0) is 17.6. The lowest BCUT2D eigenvalue weighted by Gasteiger charge is -2.34. The summed E-state index contributed by atoms with van der Waals surface area (Å²) >= 11 is 0. The predicted octanol–water partition coefficient (Wildman–Crippen LogP) is 0.764. The molecule has 2 aromatic carbocycles. The number of ether oxygens (including phenoxy) is 2. The third-order valence-corrected chi connectivity index (χ3v) is 4.30. The fraction of sp³-hybridized carbons (Fsp3) is 0.278. The Hall–Kier alpha value is -2.45. The Labute approximate surface area is 141 Å². The molecule has 130 valence electrons. The fourth-order valence-corrected chi connectivity index (χ4v) is 2.95. The standard InChI is InChI=1S/C18H16O7/c19-13-8-23-18(16(21)15(13)20)24-9-5-6-11-10-3-1-2-4-12(10)17(22)25-14(11)7-9/h1-7,13,15-16,18-21H,8H2/t13-,15-,16+,18+/m1/s1. The summed E-state index contributed by atoms with van der Waals surface area (Å²) in [7, 11) is 0. The van der Waals surface area contributed by atoms with E-state index in [9.17, 15) is 20.1 Å². The SMILES string of the molecule is O=c1oc2cc(O[C@@H]3OC[C@@H](O)[C@@H](O)[C@@H]3O)ccc2c2ccccc12. The highest BCUT2D eigenvalue weighted by Crippen LogP contribution is 2.28. The smallest absolute Gasteiger partial charge is 0.344 e. The summed E-state index contributed by atoms with van der Waals surface area (Å²) < 4.78 is 16.1. The molecule has 2 heterocycles. The van der Waals surface area contributed by atoms with E-state index in [4.69, 9.17) is 13.9 Å². The Kier molecular flexibility index (Phi) is 3.93. The van der Waals surface area contributed by atoms with Gasteiger partial charge in [0.1, 0.15) is 29.6 Å². The molecule has 1 saturated heterocycles. The van der Waals surface area contributed by atoms with E-state index in [2.05, 4.69) is 0 Å². The van der Waals surface area contributed by atoms with Crippen LogP contribution in [0.25, 0.3) is 21.7 Å². The summed E-state index contributed by atoms with van der Waals surface area (Å²) in [6.07, 6.45) is -5.07. The third kappa shape index (κ3) is 2.77. The van der Waals surface area contributed by atoms with E-state index >= 15 is 0 Å². The summed E-state index contributed by atoms with van der Waals surface area (Å²) in [6.45, 7) is -0.157. The van der Waals surface area contributed by atoms with E-state index in [1.54, 1.807) is 24.3 Å². The lowest BCUT2D eigenvalue weighted by atomic mass is 10.1. The van der Waals surface area contributed by atoms with Crippen LogP contribution in [0.3, 0.4) is 0 Å². The van der Waals surface area contributed by atoms with Crippen molar-refractivity contribution in [1.82, 2.24) is 0 Å². The van der Waals surface area contributed by atoms with Crippen molar-refractivity contribution in [2.45, 2.75) is 24.6 Å². The predicted molar refractivity (Wildman–Crippen MR) is 88.4 cm³/mol. The van der Waals surface area contributed by atoms with Crippen LogP contribution in [0, 0.1) is 0 Å². The van der Waals surface area contributed by atoms with E-state index in [0.717, 1.165) is 10.8 Å². The lowest BCUT2D eigenvalue weighted by Crippen LogP contribution is -2.54. The quantitative estimate of drug-likeness (QED) is 0.465. The Morgan fingerprint density at radius 2 is 1.72 bits per heavy atom. The first kappa shape index (κ1) is 16.0. The Balaban J connectivity index is 1.70. The van der Waals surface area contributed by atoms with Gasteiger partial charge in [-0.15, -0.1) is 0 Å². The maximum absolute atomic E-state index is 12.1. The second-order valence-corrected chi connectivity index (χ2v) is 5.96. The highest BCUT2D eigenvalue weighted by molar-refractivity contribution is 6.04. The number of aliphatic hydroxyl groups excluding tert-OH is 3. The number of hydrogen-bond acceptors (Lipinski definition) is 7. The van der Waals surface area contributed by atoms with Crippen LogP contribution in [-0.4, -0.2) is 46.5 Å². The van der Waals surface area contributed by atoms with Gasteiger partial charge in [0.05, 0.1) is 12.0 Å². The van der Waals surface area contributed by atoms with E-state index in [-0.39, 0.29) is 6.61 Å². The molecule has 0 aliphatic carbocycles. The van der Waals surface area contributed by atoms with Gasteiger partial charge in [-0.2, -0.15) is 0 Å². The number of hydrogen-bond donors (Lipinski definition) is 3. The Morgan fingerprint density at radius 3 is 2.52 bits per heavy atom. The van der Waals surface area contributed by atoms with Gasteiger partial charge in [0.25, 0.3) is 0 Å². The molecule has 3 aromatic rings. The van der Waals surface area contributed by atoms with Crippen LogP contribution >= 0.6 is 0 Å². The van der Waals surface area contributed by atoms with Gasteiger partial charge in [-0.25, -0.2) is 4.79 Å². The molecule has 0 radical (unpaired) electrons. The highest BCUT2D eigenvalue weighted by Gasteiger charge is 2.39. The molecule has 7 heteroatoms. The molecule has 4 atom stereocenters. The summed E-state index contributed by atoms with van der Waals surface area (Å²) in [5.74, 6) is 0.304. The number of rotatable bonds is 2. The molecule has 1 aliphatic heterocycles. The van der Waals surface area contributed by atoms with Crippen molar-refractivity contribution >= 4 is 21.7 Å². The summed E-state index contributed by atoms with van der Waals surface area (Å²) in [6, 6.07) is 12.1. The Morgan fingerprint density at radius 1 is 0.960 bits per heavy atom. The van der Waals surface area contributed by atoms with Crippen LogP contribution in [0.15, 0.2) is 51.7 Å². The van der Waals surface area contributed by atoms with Gasteiger partial charge in [-0.05, 0) is 23.6 Å². The molecule has 0 spiro atoms. The van der Waals surface area contributed by atoms with Crippen molar-refractivity contribution in [1.29, 1.82) is 0 Å². The summed E-state index contributed by atoms with van der Waals surface area (Å²) in [4.78, 5) is 12.1. The van der Waals surface area contributed by atoms with Crippen molar-refractivity contribution < 1.29 is 29.2 Å². The largest absolute Gasteiger partial charge is 0.462 e. The van der Waals surface area contributed by atoms with Gasteiger partial charge in [0.15, 0.2) is 0 Å². The van der Waals surface area contributed by atoms with E-state index in [0.29, 0.717) is 16.7 Å². The molecule has 1 fully saturated rings. The van der Waals surface area contributed by atoms with Crippen LogP contribution in [-0.2, 0) is 4.74 Å². The molecule has 3 N–H and O–H groups in total. The van der Waals surface area contributed by atoms with Crippen molar-refractivity contribution in [3.05, 3.63) is 52.9 Å². The third-order valence-electron chi connectivity index (χ3n) is 4.30. The van der Waals surface area contributed by atoms with Gasteiger partial charge in [-0.3, -0.25) is 0 Å². The summed E-state index contributed by atoms with van der Waals surface area (Å²) in [5.41, 5.74) is -0.111. The van der Waals surface area contributed by atoms with Crippen molar-refractivity contribution in [3.63, 3.8) is 0 Å². The molecule has 0 bridgehead atoms. The second kappa shape index (κ2) is 6.12. The molecule has 0 unspecified atom stereocenters. The van der Waals surface area contributed by atoms with Crippen LogP contribution < -0.4 is 10.4 Å². The van der Waals surface area contributed by atoms with Crippen molar-refractivity contribution in [2.75, 3.05) is 6.61 Å². The van der Waals surface area contributed by atoms with Crippen LogP contribution in [0.4, 0.5) is 0 Å². The normalized spacial score (nSPS) is 26.8. The number of fused-ring (bicyclic) bond motifs is 3. The zero-order valence-electron chi connectivity index (χ0n) is 13.0. The fourth-order valence-electron chi connectivity index (χ4n) is 2.95. The van der Waals surface area contributed by atoms with Crippen LogP contribution in [0.1, 0.15) is 0 Å². The second-order valence-electron chi connectivity index (χ2n) is 5.96. The van der Waals surface area contributed by atoms with Crippen molar-refractivity contribution in [2.24, 2.45) is 0 Å². The minimum absolute atomic E-state index is 0.157. The molecule has 0 amide bonds. The molecule has 25 heavy (non-hydrogen) atoms. The maximum Gasteiger partial charge on any atom is 0.344 e. The van der Waals surface area contributed by atoms with E-state index in [1.165, 1.54) is 6.07 Å². The van der Waals surface area contributed by atoms with Gasteiger partial charge in [-0.1, -0.05) is 18.2 Å². The average molecular weight is 344 g/mol. The first-order valence-electron chi connectivity index (χ1n) is 7.82. The van der Waals surface area contributed by atoms with Gasteiger partial charge in [0.2, 0.25) is 6.29 Å². The summed E-state index contributed by atoms with van der Waals surface area (Å²) in [5, 5.41) is 31.1. The van der Waals surface area contributed by atoms with Gasteiger partial charge < -0.3 is 29.2 Å². The molecule has 0 saturated carbocycles. The maximum atomic E-state index is 12.1. The van der Waals surface area contributed by atoms with Gasteiger partial charge in [0, 0.05) is 11.5 Å². The van der Waals surface area contributed by atoms with Crippen LogP contribution in [0.5, 0.6) is 5.75 Å². The number of benzene rings is 2.